The van der Waals surface area contributed by atoms with Crippen molar-refractivity contribution >= 4 is 27.5 Å². The molecule has 100 valence electrons. The van der Waals surface area contributed by atoms with Crippen molar-refractivity contribution in [1.29, 1.82) is 0 Å². The molecule has 0 unspecified atom stereocenters. The minimum Gasteiger partial charge on any atom is -0.408 e. The summed E-state index contributed by atoms with van der Waals surface area (Å²) in [5.74, 6) is 0. The van der Waals surface area contributed by atoms with Gasteiger partial charge in [0.2, 0.25) is 0 Å². The summed E-state index contributed by atoms with van der Waals surface area (Å²) in [6.07, 6.45) is 0. The van der Waals surface area contributed by atoms with Crippen molar-refractivity contribution in [3.05, 3.63) is 60.7 Å². The summed E-state index contributed by atoms with van der Waals surface area (Å²) in [5, 5.41) is 1.53. The average Bonchev–Trinajstić information content (AvgIpc) is 2.40. The van der Waals surface area contributed by atoms with Crippen LogP contribution in [-0.4, -0.2) is 26.7 Å². The summed E-state index contributed by atoms with van der Waals surface area (Å²) in [6, 6.07) is 18.6. The van der Waals surface area contributed by atoms with Crippen molar-refractivity contribution in [1.82, 2.24) is 0 Å². The third-order valence-corrected chi connectivity index (χ3v) is 9.01. The highest BCUT2D eigenvalue weighted by Gasteiger charge is 2.41. The molecule has 0 aromatic heterocycles. The fourth-order valence-corrected chi connectivity index (χ4v) is 7.66. The first-order valence-corrected chi connectivity index (χ1v) is 10.9. The molecule has 0 radical (unpaired) electrons. The maximum Gasteiger partial charge on any atom is 0.358 e. The average molecular weight is 290 g/mol. The number of rotatable bonds is 4. The summed E-state index contributed by atoms with van der Waals surface area (Å²) in [4.78, 5) is 21.1. The quantitative estimate of drug-likeness (QED) is 0.824. The van der Waals surface area contributed by atoms with Gasteiger partial charge in [0.15, 0.2) is 0 Å². The van der Waals surface area contributed by atoms with Gasteiger partial charge in [-0.05, 0) is 23.5 Å². The van der Waals surface area contributed by atoms with E-state index in [0.29, 0.717) is 0 Å². The van der Waals surface area contributed by atoms with Crippen LogP contribution in [0.2, 0.25) is 13.1 Å². The molecule has 2 N–H and O–H groups in total. The minimum atomic E-state index is -3.09. The van der Waals surface area contributed by atoms with Crippen LogP contribution in [0.15, 0.2) is 60.7 Å². The van der Waals surface area contributed by atoms with Gasteiger partial charge < -0.3 is 13.7 Å². The number of hydrogen-bond donors (Lipinski definition) is 2. The van der Waals surface area contributed by atoms with Crippen molar-refractivity contribution in [3.63, 3.8) is 0 Å². The van der Waals surface area contributed by atoms with Crippen LogP contribution in [-0.2, 0) is 4.12 Å². The van der Waals surface area contributed by atoms with Crippen LogP contribution in [0.1, 0.15) is 0 Å². The van der Waals surface area contributed by atoms with Gasteiger partial charge in [0.25, 0.3) is 0 Å². The molecular weight excluding hydrogens is 272 g/mol. The highest BCUT2D eigenvalue weighted by Crippen LogP contribution is 2.10. The van der Waals surface area contributed by atoms with Crippen LogP contribution in [0, 0.1) is 0 Å². The first-order chi connectivity index (χ1) is 8.92. The molecule has 19 heavy (non-hydrogen) atoms. The van der Waals surface area contributed by atoms with Crippen LogP contribution >= 0.6 is 0 Å². The molecule has 0 aliphatic carbocycles. The topological polar surface area (TPSA) is 49.7 Å². The third kappa shape index (κ3) is 3.40. The van der Waals surface area contributed by atoms with Gasteiger partial charge in [0.05, 0.1) is 0 Å². The molecule has 5 heteroatoms. The van der Waals surface area contributed by atoms with E-state index in [0.717, 1.165) is 10.4 Å². The fourth-order valence-electron chi connectivity index (χ4n) is 2.00. The van der Waals surface area contributed by atoms with Gasteiger partial charge in [-0.2, -0.15) is 0 Å². The van der Waals surface area contributed by atoms with E-state index in [1.165, 1.54) is 0 Å². The molecular formula is C14H18O3Si2. The molecule has 2 aromatic carbocycles. The molecule has 0 fully saturated rings. The SMILES string of the molecule is C[Si@@](O)(O[Si@@](C)(O)c1ccccc1)c1ccccc1. The zero-order chi connectivity index (χ0) is 13.9. The molecule has 0 amide bonds. The third-order valence-electron chi connectivity index (χ3n) is 3.02. The molecule has 2 atom stereocenters. The lowest BCUT2D eigenvalue weighted by Crippen LogP contribution is -2.61. The Morgan fingerprint density at radius 2 is 1.00 bits per heavy atom. The van der Waals surface area contributed by atoms with Crippen LogP contribution in [0.4, 0.5) is 0 Å². The summed E-state index contributed by atoms with van der Waals surface area (Å²) in [5.41, 5.74) is 0. The lowest BCUT2D eigenvalue weighted by atomic mass is 10.4. The molecule has 0 heterocycles. The summed E-state index contributed by atoms with van der Waals surface area (Å²) < 4.78 is 5.79. The zero-order valence-electron chi connectivity index (χ0n) is 11.1. The van der Waals surface area contributed by atoms with Crippen molar-refractivity contribution < 1.29 is 13.7 Å². The van der Waals surface area contributed by atoms with Crippen LogP contribution < -0.4 is 10.4 Å². The highest BCUT2D eigenvalue weighted by atomic mass is 28.5. The van der Waals surface area contributed by atoms with Gasteiger partial charge in [-0.25, -0.2) is 0 Å². The summed E-state index contributed by atoms with van der Waals surface area (Å²) in [6.45, 7) is 3.37. The van der Waals surface area contributed by atoms with Crippen molar-refractivity contribution in [3.8, 4) is 0 Å². The Kier molecular flexibility index (Phi) is 4.03. The molecule has 0 saturated carbocycles. The van der Waals surface area contributed by atoms with Gasteiger partial charge in [0.1, 0.15) is 0 Å². The molecule has 0 saturated heterocycles. The van der Waals surface area contributed by atoms with Gasteiger partial charge in [-0.1, -0.05) is 60.7 Å². The largest absolute Gasteiger partial charge is 0.408 e. The zero-order valence-corrected chi connectivity index (χ0v) is 13.1. The second-order valence-electron chi connectivity index (χ2n) is 4.80. The van der Waals surface area contributed by atoms with E-state index in [1.807, 2.05) is 60.7 Å². The smallest absolute Gasteiger partial charge is 0.358 e. The van der Waals surface area contributed by atoms with E-state index < -0.39 is 17.1 Å². The molecule has 0 spiro atoms. The predicted molar refractivity (Wildman–Crippen MR) is 80.9 cm³/mol. The molecule has 0 aliphatic rings. The lowest BCUT2D eigenvalue weighted by Gasteiger charge is -2.30. The lowest BCUT2D eigenvalue weighted by molar-refractivity contribution is 0.334. The molecule has 0 aliphatic heterocycles. The maximum atomic E-state index is 10.6. The predicted octanol–water partition coefficient (Wildman–Crippen LogP) is 0.946. The minimum absolute atomic E-state index is 0.763. The standard InChI is InChI=1S/C14H18O3Si2/c1-18(15,13-9-5-3-6-10-13)17-19(2,16)14-11-7-4-8-12-14/h3-12,15-16H,1-2H3/t18-,19-/m1/s1. The summed E-state index contributed by atoms with van der Waals surface area (Å²) >= 11 is 0. The van der Waals surface area contributed by atoms with E-state index in [-0.39, 0.29) is 0 Å². The maximum absolute atomic E-state index is 10.6. The van der Waals surface area contributed by atoms with Crippen LogP contribution in [0.5, 0.6) is 0 Å². The van der Waals surface area contributed by atoms with Gasteiger partial charge >= 0.3 is 17.1 Å². The van der Waals surface area contributed by atoms with Gasteiger partial charge in [0, 0.05) is 0 Å². The molecule has 0 bridgehead atoms. The van der Waals surface area contributed by atoms with Gasteiger partial charge in [-0.3, -0.25) is 0 Å². The Bertz CT molecular complexity index is 477. The first-order valence-electron chi connectivity index (χ1n) is 6.18. The van der Waals surface area contributed by atoms with Crippen molar-refractivity contribution in [2.45, 2.75) is 13.1 Å². The molecule has 3 nitrogen and oxygen atoms in total. The fraction of sp³-hybridized carbons (Fsp3) is 0.143. The van der Waals surface area contributed by atoms with E-state index >= 15 is 0 Å². The van der Waals surface area contributed by atoms with E-state index in [2.05, 4.69) is 0 Å². The Labute approximate surface area is 115 Å². The van der Waals surface area contributed by atoms with E-state index in [9.17, 15) is 9.59 Å². The van der Waals surface area contributed by atoms with Crippen LogP contribution in [0.25, 0.3) is 0 Å². The monoisotopic (exact) mass is 290 g/mol. The second-order valence-corrected chi connectivity index (χ2v) is 10.7. The summed E-state index contributed by atoms with van der Waals surface area (Å²) in [7, 11) is -6.17. The molecule has 2 rings (SSSR count). The second kappa shape index (κ2) is 5.40. The Morgan fingerprint density at radius 3 is 1.32 bits per heavy atom. The normalized spacial score (nSPS) is 17.5. The van der Waals surface area contributed by atoms with Gasteiger partial charge in [-0.15, -0.1) is 0 Å². The molecule has 2 aromatic rings. The number of benzene rings is 2. The Balaban J connectivity index is 2.25. The van der Waals surface area contributed by atoms with Crippen molar-refractivity contribution in [2.75, 3.05) is 0 Å². The Hall–Kier alpha value is -1.25. The van der Waals surface area contributed by atoms with Crippen LogP contribution in [0.3, 0.4) is 0 Å². The van der Waals surface area contributed by atoms with Crippen molar-refractivity contribution in [2.24, 2.45) is 0 Å². The highest BCUT2D eigenvalue weighted by molar-refractivity contribution is 6.91. The first kappa shape index (κ1) is 14.2. The van der Waals surface area contributed by atoms with E-state index in [1.54, 1.807) is 13.1 Å². The van der Waals surface area contributed by atoms with E-state index in [4.69, 9.17) is 4.12 Å². The Morgan fingerprint density at radius 1 is 0.684 bits per heavy atom. The number of hydrogen-bond acceptors (Lipinski definition) is 3.